The molecule has 0 aromatic carbocycles. The molecule has 0 atom stereocenters. The summed E-state index contributed by atoms with van der Waals surface area (Å²) in [6.07, 6.45) is 3.74. The van der Waals surface area contributed by atoms with Crippen molar-refractivity contribution in [3.63, 3.8) is 0 Å². The van der Waals surface area contributed by atoms with Crippen LogP contribution in [-0.2, 0) is 0 Å². The van der Waals surface area contributed by atoms with E-state index < -0.39 is 0 Å². The topological polar surface area (TPSA) is 56.0 Å². The zero-order valence-electron chi connectivity index (χ0n) is 12.1. The molecule has 0 aliphatic heterocycles. The Morgan fingerprint density at radius 1 is 0.958 bits per heavy atom. The molecule has 4 aromatic rings. The fraction of sp³-hybridized carbons (Fsp3) is 0. The number of imidazole rings is 1. The zero-order valence-corrected chi connectivity index (χ0v) is 15.3. The number of rotatable bonds is 3. The quantitative estimate of drug-likeness (QED) is 0.289. The SMILES string of the molecule is Clc1cc([Se]c2nc(-c3ccccn3)n3ccccc23)nc(Cl)n1. The molecule has 0 amide bonds. The third-order valence-corrected chi connectivity index (χ3v) is 5.53. The Balaban J connectivity index is 1.84. The Kier molecular flexibility index (Phi) is 4.20. The first kappa shape index (κ1) is 15.5. The van der Waals surface area contributed by atoms with Gasteiger partial charge in [0.15, 0.2) is 0 Å². The molecule has 0 spiro atoms. The fourth-order valence-corrected chi connectivity index (χ4v) is 4.85. The van der Waals surface area contributed by atoms with Crippen molar-refractivity contribution >= 4 is 52.9 Å². The molecule has 0 aliphatic carbocycles. The molecule has 4 rings (SSSR count). The van der Waals surface area contributed by atoms with Gasteiger partial charge in [0.25, 0.3) is 0 Å². The Bertz CT molecular complexity index is 999. The first-order valence-electron chi connectivity index (χ1n) is 6.97. The summed E-state index contributed by atoms with van der Waals surface area (Å²) in [7, 11) is 0. The second-order valence-electron chi connectivity index (χ2n) is 4.81. The third kappa shape index (κ3) is 3.01. The van der Waals surface area contributed by atoms with Crippen LogP contribution in [-0.4, -0.2) is 39.3 Å². The van der Waals surface area contributed by atoms with E-state index in [0.29, 0.717) is 5.15 Å². The number of fused-ring (bicyclic) bond motifs is 1. The van der Waals surface area contributed by atoms with Crippen molar-refractivity contribution in [3.8, 4) is 11.5 Å². The van der Waals surface area contributed by atoms with Gasteiger partial charge >= 0.3 is 154 Å². The molecular weight excluding hydrogens is 412 g/mol. The maximum atomic E-state index is 5.97. The predicted molar refractivity (Wildman–Crippen MR) is 95.5 cm³/mol. The van der Waals surface area contributed by atoms with Crippen molar-refractivity contribution in [2.24, 2.45) is 0 Å². The van der Waals surface area contributed by atoms with Gasteiger partial charge in [0, 0.05) is 0 Å². The molecule has 0 saturated carbocycles. The minimum atomic E-state index is -0.157. The van der Waals surface area contributed by atoms with Crippen LogP contribution in [0, 0.1) is 0 Å². The molecule has 4 aromatic heterocycles. The molecule has 0 N–H and O–H groups in total. The van der Waals surface area contributed by atoms with E-state index in [1.54, 1.807) is 12.3 Å². The molecule has 0 unspecified atom stereocenters. The van der Waals surface area contributed by atoms with Crippen LogP contribution < -0.4 is 9.18 Å². The van der Waals surface area contributed by atoms with Gasteiger partial charge in [-0.25, -0.2) is 0 Å². The molecule has 0 saturated heterocycles. The van der Waals surface area contributed by atoms with Gasteiger partial charge in [0.05, 0.1) is 0 Å². The van der Waals surface area contributed by atoms with Gasteiger partial charge in [-0.05, 0) is 0 Å². The molecule has 8 heteroatoms. The number of hydrogen-bond donors (Lipinski definition) is 0. The van der Waals surface area contributed by atoms with Crippen LogP contribution in [0.15, 0.2) is 54.9 Å². The molecule has 0 bridgehead atoms. The molecule has 4 heterocycles. The third-order valence-electron chi connectivity index (χ3n) is 3.25. The molecular formula is C16H9Cl2N5Se. The van der Waals surface area contributed by atoms with Crippen molar-refractivity contribution in [2.45, 2.75) is 0 Å². The Morgan fingerprint density at radius 2 is 1.83 bits per heavy atom. The van der Waals surface area contributed by atoms with Crippen molar-refractivity contribution in [1.82, 2.24) is 24.3 Å². The first-order valence-corrected chi connectivity index (χ1v) is 9.44. The van der Waals surface area contributed by atoms with Crippen molar-refractivity contribution in [2.75, 3.05) is 0 Å². The van der Waals surface area contributed by atoms with Crippen LogP contribution in [0.3, 0.4) is 0 Å². The van der Waals surface area contributed by atoms with Crippen LogP contribution in [0.1, 0.15) is 0 Å². The number of pyridine rings is 2. The minimum absolute atomic E-state index is 0.146. The monoisotopic (exact) mass is 421 g/mol. The molecule has 0 fully saturated rings. The van der Waals surface area contributed by atoms with E-state index in [1.165, 1.54) is 0 Å². The van der Waals surface area contributed by atoms with Crippen LogP contribution in [0.25, 0.3) is 17.0 Å². The fourth-order valence-electron chi connectivity index (χ4n) is 2.28. The normalized spacial score (nSPS) is 11.1. The summed E-state index contributed by atoms with van der Waals surface area (Å²) in [6.45, 7) is 0. The van der Waals surface area contributed by atoms with Gasteiger partial charge in [-0.2, -0.15) is 0 Å². The molecule has 0 radical (unpaired) electrons. The van der Waals surface area contributed by atoms with E-state index in [-0.39, 0.29) is 20.2 Å². The Hall–Kier alpha value is -1.98. The number of halogens is 2. The summed E-state index contributed by atoms with van der Waals surface area (Å²) in [5.41, 5.74) is 1.84. The van der Waals surface area contributed by atoms with E-state index in [2.05, 4.69) is 15.0 Å². The van der Waals surface area contributed by atoms with Gasteiger partial charge in [0.2, 0.25) is 0 Å². The zero-order chi connectivity index (χ0) is 16.5. The first-order chi connectivity index (χ1) is 11.7. The van der Waals surface area contributed by atoms with Gasteiger partial charge in [-0.3, -0.25) is 0 Å². The second kappa shape index (κ2) is 6.49. The van der Waals surface area contributed by atoms with Crippen LogP contribution >= 0.6 is 23.2 Å². The predicted octanol–water partition coefficient (Wildman–Crippen LogP) is 2.15. The van der Waals surface area contributed by atoms with E-state index in [0.717, 1.165) is 26.2 Å². The van der Waals surface area contributed by atoms with E-state index in [1.807, 2.05) is 47.0 Å². The number of aromatic nitrogens is 5. The summed E-state index contributed by atoms with van der Waals surface area (Å²) in [5.74, 6) is 0.800. The van der Waals surface area contributed by atoms with E-state index >= 15 is 0 Å². The van der Waals surface area contributed by atoms with Gasteiger partial charge in [-0.15, -0.1) is 0 Å². The number of nitrogens with zero attached hydrogens (tertiary/aromatic N) is 5. The standard InChI is InChI=1S/C16H9Cl2N5Se/c17-12-9-13(21-16(18)20-12)24-15-11-6-2-4-8-23(11)14(22-15)10-5-1-3-7-19-10/h1-9H. The van der Waals surface area contributed by atoms with Crippen molar-refractivity contribution < 1.29 is 0 Å². The molecule has 5 nitrogen and oxygen atoms in total. The summed E-state index contributed by atoms with van der Waals surface area (Å²) in [5, 5.41) is 0.480. The van der Waals surface area contributed by atoms with Crippen LogP contribution in [0.5, 0.6) is 0 Å². The maximum absolute atomic E-state index is 5.97. The van der Waals surface area contributed by atoms with E-state index in [4.69, 9.17) is 28.2 Å². The number of hydrogen-bond acceptors (Lipinski definition) is 4. The average molecular weight is 421 g/mol. The van der Waals surface area contributed by atoms with Crippen LogP contribution in [0.2, 0.25) is 10.4 Å². The molecule has 118 valence electrons. The van der Waals surface area contributed by atoms with Crippen molar-refractivity contribution in [3.05, 3.63) is 65.3 Å². The van der Waals surface area contributed by atoms with Crippen LogP contribution in [0.4, 0.5) is 0 Å². The summed E-state index contributed by atoms with van der Waals surface area (Å²) >= 11 is 11.7. The van der Waals surface area contributed by atoms with Gasteiger partial charge in [-0.1, -0.05) is 0 Å². The second-order valence-corrected chi connectivity index (χ2v) is 7.65. The Labute approximate surface area is 153 Å². The van der Waals surface area contributed by atoms with Gasteiger partial charge < -0.3 is 0 Å². The molecule has 0 aliphatic rings. The van der Waals surface area contributed by atoms with E-state index in [9.17, 15) is 0 Å². The summed E-state index contributed by atoms with van der Waals surface area (Å²) in [4.78, 5) is 17.3. The van der Waals surface area contributed by atoms with Gasteiger partial charge in [0.1, 0.15) is 0 Å². The summed E-state index contributed by atoms with van der Waals surface area (Å²) in [6, 6.07) is 13.5. The summed E-state index contributed by atoms with van der Waals surface area (Å²) < 4.78 is 3.75. The average Bonchev–Trinajstić information content (AvgIpc) is 2.94. The Morgan fingerprint density at radius 3 is 2.62 bits per heavy atom. The van der Waals surface area contributed by atoms with Crippen molar-refractivity contribution in [1.29, 1.82) is 0 Å². The molecule has 24 heavy (non-hydrogen) atoms.